The van der Waals surface area contributed by atoms with Crippen molar-refractivity contribution < 1.29 is 20.1 Å². The number of carbonyl (C=O) groups excluding carboxylic acids is 1. The van der Waals surface area contributed by atoms with Gasteiger partial charge < -0.3 is 20.6 Å². The predicted octanol–water partition coefficient (Wildman–Crippen LogP) is 7.53. The van der Waals surface area contributed by atoms with E-state index < -0.39 is 24.2 Å². The number of aliphatic hydroxyl groups excluding tert-OH is 3. The average Bonchev–Trinajstić information content (AvgIpc) is 2.90. The molecular weight excluding hydrogens is 462 g/mol. The highest BCUT2D eigenvalue weighted by molar-refractivity contribution is 5.80. The van der Waals surface area contributed by atoms with E-state index in [2.05, 4.69) is 31.3 Å². The highest BCUT2D eigenvalue weighted by Crippen LogP contribution is 2.13. The molecule has 0 saturated carbocycles. The van der Waals surface area contributed by atoms with Crippen molar-refractivity contribution in [1.29, 1.82) is 0 Å². The number of hydrogen-bond acceptors (Lipinski definition) is 4. The second-order valence-electron chi connectivity index (χ2n) is 10.7. The molecule has 0 rings (SSSR count). The monoisotopic (exact) mass is 523 g/mol. The van der Waals surface area contributed by atoms with Crippen LogP contribution in [0.1, 0.15) is 149 Å². The Kier molecular flexibility index (Phi) is 27.0. The van der Waals surface area contributed by atoms with Crippen molar-refractivity contribution in [2.75, 3.05) is 6.61 Å². The molecule has 0 heterocycles. The van der Waals surface area contributed by atoms with Gasteiger partial charge in [-0.1, -0.05) is 134 Å². The molecule has 0 saturated heterocycles. The van der Waals surface area contributed by atoms with Crippen molar-refractivity contribution in [3.05, 3.63) is 24.3 Å². The van der Waals surface area contributed by atoms with Crippen LogP contribution in [0.3, 0.4) is 0 Å². The third kappa shape index (κ3) is 23.7. The summed E-state index contributed by atoms with van der Waals surface area (Å²) >= 11 is 0. The summed E-state index contributed by atoms with van der Waals surface area (Å²) < 4.78 is 0. The summed E-state index contributed by atoms with van der Waals surface area (Å²) in [6.07, 6.45) is 30.4. The Morgan fingerprint density at radius 1 is 0.649 bits per heavy atom. The second kappa shape index (κ2) is 27.9. The molecule has 0 bridgehead atoms. The molecule has 0 aromatic heterocycles. The lowest BCUT2D eigenvalue weighted by atomic mass is 10.0. The van der Waals surface area contributed by atoms with E-state index in [1.807, 2.05) is 6.08 Å². The molecule has 0 aromatic rings. The van der Waals surface area contributed by atoms with Crippen molar-refractivity contribution in [3.8, 4) is 0 Å². The summed E-state index contributed by atoms with van der Waals surface area (Å²) in [5, 5.41) is 32.7. The predicted molar refractivity (Wildman–Crippen MR) is 158 cm³/mol. The molecule has 5 heteroatoms. The standard InChI is InChI=1S/C32H61NO4/c1-3-5-7-9-11-13-15-16-17-19-20-22-24-26-30(35)29(28-34)33-32(37)31(36)27-25-23-21-18-14-12-10-8-6-4-2/h10,12,24,26,29-31,34-36H,3-9,11,13-23,25,27-28H2,1-2H3,(H,33,37)/b12-10-,26-24+. The SMILES string of the molecule is CCCC/C=C\CCCCCCC(O)C(=O)NC(CO)C(O)/C=C/CCCCCCCCCCCCC. The summed E-state index contributed by atoms with van der Waals surface area (Å²) in [5.74, 6) is -0.518. The van der Waals surface area contributed by atoms with Gasteiger partial charge in [0, 0.05) is 0 Å². The normalized spacial score (nSPS) is 14.4. The fourth-order valence-electron chi connectivity index (χ4n) is 4.46. The molecule has 37 heavy (non-hydrogen) atoms. The number of aliphatic hydroxyl groups is 3. The van der Waals surface area contributed by atoms with E-state index in [9.17, 15) is 20.1 Å². The summed E-state index contributed by atoms with van der Waals surface area (Å²) in [6, 6.07) is -0.796. The molecule has 0 aliphatic carbocycles. The van der Waals surface area contributed by atoms with Crippen molar-refractivity contribution >= 4 is 5.91 Å². The second-order valence-corrected chi connectivity index (χ2v) is 10.7. The van der Waals surface area contributed by atoms with Gasteiger partial charge in [0.1, 0.15) is 6.10 Å². The molecule has 0 spiro atoms. The zero-order valence-corrected chi connectivity index (χ0v) is 24.3. The first-order chi connectivity index (χ1) is 18.1. The van der Waals surface area contributed by atoms with Gasteiger partial charge in [0.25, 0.3) is 0 Å². The van der Waals surface area contributed by atoms with Crippen LogP contribution in [0, 0.1) is 0 Å². The van der Waals surface area contributed by atoms with Gasteiger partial charge in [-0.2, -0.15) is 0 Å². The zero-order valence-electron chi connectivity index (χ0n) is 24.3. The molecule has 0 radical (unpaired) electrons. The van der Waals surface area contributed by atoms with E-state index in [1.165, 1.54) is 77.0 Å². The van der Waals surface area contributed by atoms with Crippen LogP contribution in [-0.2, 0) is 4.79 Å². The van der Waals surface area contributed by atoms with E-state index in [-0.39, 0.29) is 6.61 Å². The molecule has 218 valence electrons. The molecular formula is C32H61NO4. The maximum Gasteiger partial charge on any atom is 0.249 e. The first-order valence-electron chi connectivity index (χ1n) is 15.7. The Morgan fingerprint density at radius 3 is 1.65 bits per heavy atom. The first kappa shape index (κ1) is 35.8. The Balaban J connectivity index is 3.85. The van der Waals surface area contributed by atoms with Gasteiger partial charge in [-0.15, -0.1) is 0 Å². The molecule has 0 aliphatic heterocycles. The Hall–Kier alpha value is -1.17. The first-order valence-corrected chi connectivity index (χ1v) is 15.7. The van der Waals surface area contributed by atoms with Gasteiger partial charge in [-0.25, -0.2) is 0 Å². The lowest BCUT2D eigenvalue weighted by Gasteiger charge is -2.21. The van der Waals surface area contributed by atoms with Crippen LogP contribution < -0.4 is 5.32 Å². The minimum atomic E-state index is -1.10. The van der Waals surface area contributed by atoms with E-state index in [0.717, 1.165) is 51.4 Å². The molecule has 0 fully saturated rings. The summed E-state index contributed by atoms with van der Waals surface area (Å²) in [4.78, 5) is 12.3. The van der Waals surface area contributed by atoms with E-state index >= 15 is 0 Å². The zero-order chi connectivity index (χ0) is 27.4. The highest BCUT2D eigenvalue weighted by Gasteiger charge is 2.22. The quantitative estimate of drug-likeness (QED) is 0.0661. The summed E-state index contributed by atoms with van der Waals surface area (Å²) in [7, 11) is 0. The fraction of sp³-hybridized carbons (Fsp3) is 0.844. The van der Waals surface area contributed by atoms with Crippen LogP contribution in [0.25, 0.3) is 0 Å². The maximum absolute atomic E-state index is 12.3. The van der Waals surface area contributed by atoms with Gasteiger partial charge in [0.15, 0.2) is 0 Å². The third-order valence-corrected chi connectivity index (χ3v) is 7.04. The minimum absolute atomic E-state index is 0.367. The van der Waals surface area contributed by atoms with Crippen LogP contribution >= 0.6 is 0 Å². The number of rotatable bonds is 27. The highest BCUT2D eigenvalue weighted by atomic mass is 16.3. The van der Waals surface area contributed by atoms with Gasteiger partial charge in [0.05, 0.1) is 18.8 Å². The topological polar surface area (TPSA) is 89.8 Å². The van der Waals surface area contributed by atoms with Crippen LogP contribution in [0.15, 0.2) is 24.3 Å². The largest absolute Gasteiger partial charge is 0.394 e. The van der Waals surface area contributed by atoms with E-state index in [4.69, 9.17) is 0 Å². The van der Waals surface area contributed by atoms with Crippen molar-refractivity contribution in [3.63, 3.8) is 0 Å². The molecule has 0 aliphatic rings. The van der Waals surface area contributed by atoms with Crippen molar-refractivity contribution in [2.45, 2.75) is 167 Å². The van der Waals surface area contributed by atoms with Gasteiger partial charge in [-0.05, 0) is 38.5 Å². The van der Waals surface area contributed by atoms with E-state index in [0.29, 0.717) is 6.42 Å². The maximum atomic E-state index is 12.3. The van der Waals surface area contributed by atoms with Crippen molar-refractivity contribution in [2.24, 2.45) is 0 Å². The van der Waals surface area contributed by atoms with Crippen LogP contribution in [-0.4, -0.2) is 46.1 Å². The number of carbonyl (C=O) groups is 1. The van der Waals surface area contributed by atoms with Crippen molar-refractivity contribution in [1.82, 2.24) is 5.32 Å². The molecule has 0 aromatic carbocycles. The van der Waals surface area contributed by atoms with Gasteiger partial charge in [-0.3, -0.25) is 4.79 Å². The smallest absolute Gasteiger partial charge is 0.249 e. The van der Waals surface area contributed by atoms with Crippen LogP contribution in [0.5, 0.6) is 0 Å². The Morgan fingerprint density at radius 2 is 1.11 bits per heavy atom. The number of hydrogen-bond donors (Lipinski definition) is 4. The Bertz CT molecular complexity index is 549. The summed E-state index contributed by atoms with van der Waals surface area (Å²) in [6.45, 7) is 4.09. The minimum Gasteiger partial charge on any atom is -0.394 e. The third-order valence-electron chi connectivity index (χ3n) is 7.04. The van der Waals surface area contributed by atoms with E-state index in [1.54, 1.807) is 6.08 Å². The average molecular weight is 524 g/mol. The molecule has 3 atom stereocenters. The number of nitrogens with one attached hydrogen (secondary N) is 1. The lowest BCUT2D eigenvalue weighted by molar-refractivity contribution is -0.131. The Labute approximate surface area is 229 Å². The molecule has 1 amide bonds. The van der Waals surface area contributed by atoms with Crippen LogP contribution in [0.4, 0.5) is 0 Å². The summed E-state index contributed by atoms with van der Waals surface area (Å²) in [5.41, 5.74) is 0. The van der Waals surface area contributed by atoms with Crippen LogP contribution in [0.2, 0.25) is 0 Å². The molecule has 5 nitrogen and oxygen atoms in total. The number of unbranched alkanes of at least 4 members (excludes halogenated alkanes) is 17. The fourth-order valence-corrected chi connectivity index (χ4v) is 4.46. The number of allylic oxidation sites excluding steroid dienone is 3. The lowest BCUT2D eigenvalue weighted by Crippen LogP contribution is -2.48. The molecule has 4 N–H and O–H groups in total. The number of amides is 1. The van der Waals surface area contributed by atoms with Gasteiger partial charge in [0.2, 0.25) is 5.91 Å². The molecule has 3 unspecified atom stereocenters. The van der Waals surface area contributed by atoms with Gasteiger partial charge >= 0.3 is 0 Å².